The second kappa shape index (κ2) is 9.13. The van der Waals surface area contributed by atoms with Crippen LogP contribution in [0.3, 0.4) is 0 Å². The van der Waals surface area contributed by atoms with Crippen molar-refractivity contribution in [2.24, 2.45) is 5.10 Å². The molecule has 5 rings (SSSR count). The van der Waals surface area contributed by atoms with Crippen molar-refractivity contribution in [1.82, 2.24) is 9.97 Å². The molecule has 0 amide bonds. The number of rotatable bonds is 7. The van der Waals surface area contributed by atoms with Gasteiger partial charge in [0.05, 0.1) is 41.4 Å². The zero-order chi connectivity index (χ0) is 23.7. The van der Waals surface area contributed by atoms with Crippen LogP contribution >= 0.6 is 34.4 Å². The van der Waals surface area contributed by atoms with Gasteiger partial charge in [-0.25, -0.2) is 9.97 Å². The molecule has 34 heavy (non-hydrogen) atoms. The highest BCUT2D eigenvalue weighted by Crippen LogP contribution is 2.39. The molecule has 5 aromatic rings. The van der Waals surface area contributed by atoms with Gasteiger partial charge in [0.15, 0.2) is 4.34 Å². The minimum Gasteiger partial charge on any atom is -0.258 e. The summed E-state index contributed by atoms with van der Waals surface area (Å²) < 4.78 is 2.40. The second-order valence-corrected chi connectivity index (χ2v) is 10.2. The summed E-state index contributed by atoms with van der Waals surface area (Å²) in [6.45, 7) is 0. The number of fused-ring (bicyclic) bond motifs is 2. The van der Waals surface area contributed by atoms with Crippen molar-refractivity contribution < 1.29 is 9.85 Å². The third-order valence-corrected chi connectivity index (χ3v) is 7.69. The quantitative estimate of drug-likeness (QED) is 0.153. The van der Waals surface area contributed by atoms with Gasteiger partial charge in [-0.1, -0.05) is 41.3 Å². The van der Waals surface area contributed by atoms with Gasteiger partial charge < -0.3 is 0 Å². The van der Waals surface area contributed by atoms with E-state index in [-0.39, 0.29) is 11.4 Å². The maximum absolute atomic E-state index is 11.7. The van der Waals surface area contributed by atoms with E-state index in [2.05, 4.69) is 20.5 Å². The average Bonchev–Trinajstić information content (AvgIpc) is 3.42. The van der Waals surface area contributed by atoms with E-state index in [1.807, 2.05) is 24.3 Å². The molecule has 168 valence electrons. The topological polar surface area (TPSA) is 136 Å². The Morgan fingerprint density at radius 1 is 0.912 bits per heavy atom. The minimum absolute atomic E-state index is 0.0117. The Bertz CT molecular complexity index is 1560. The predicted octanol–water partition coefficient (Wildman–Crippen LogP) is 6.32. The number of nitro groups is 2. The summed E-state index contributed by atoms with van der Waals surface area (Å²) in [7, 11) is 0. The molecule has 0 saturated heterocycles. The molecule has 0 fully saturated rings. The lowest BCUT2D eigenvalue weighted by Crippen LogP contribution is -1.94. The zero-order valence-corrected chi connectivity index (χ0v) is 19.4. The maximum atomic E-state index is 11.7. The number of anilines is 1. The van der Waals surface area contributed by atoms with Crippen molar-refractivity contribution in [3.8, 4) is 0 Å². The molecule has 2 aromatic heterocycles. The molecule has 3 aromatic carbocycles. The molecule has 0 bridgehead atoms. The summed E-state index contributed by atoms with van der Waals surface area (Å²) >= 11 is 3.95. The van der Waals surface area contributed by atoms with Gasteiger partial charge in [0.2, 0.25) is 5.13 Å². The molecule has 0 spiro atoms. The predicted molar refractivity (Wildman–Crippen MR) is 134 cm³/mol. The van der Waals surface area contributed by atoms with Gasteiger partial charge in [-0.3, -0.25) is 25.7 Å². The number of hydrogen-bond acceptors (Lipinski definition) is 11. The Morgan fingerprint density at radius 3 is 2.53 bits per heavy atom. The maximum Gasteiger partial charge on any atom is 0.283 e. The van der Waals surface area contributed by atoms with Gasteiger partial charge in [0.25, 0.3) is 11.4 Å². The van der Waals surface area contributed by atoms with Crippen LogP contribution < -0.4 is 5.43 Å². The number of hydrazone groups is 1. The van der Waals surface area contributed by atoms with Crippen molar-refractivity contribution in [3.05, 3.63) is 86.5 Å². The fourth-order valence-corrected chi connectivity index (χ4v) is 6.03. The highest BCUT2D eigenvalue weighted by molar-refractivity contribution is 8.01. The fraction of sp³-hybridized carbons (Fsp3) is 0. The van der Waals surface area contributed by atoms with Crippen molar-refractivity contribution in [3.63, 3.8) is 0 Å². The van der Waals surface area contributed by atoms with E-state index < -0.39 is 9.85 Å². The molecule has 0 aliphatic heterocycles. The minimum atomic E-state index is -0.462. The van der Waals surface area contributed by atoms with Crippen LogP contribution in [0.25, 0.3) is 20.4 Å². The summed E-state index contributed by atoms with van der Waals surface area (Å²) in [5.41, 5.74) is 4.72. The van der Waals surface area contributed by atoms with Crippen LogP contribution in [0.5, 0.6) is 0 Å². The van der Waals surface area contributed by atoms with Gasteiger partial charge in [0, 0.05) is 23.8 Å². The number of nitrogens with zero attached hydrogens (tertiary/aromatic N) is 5. The number of nitro benzene ring substituents is 2. The highest BCUT2D eigenvalue weighted by Gasteiger charge is 2.17. The summed E-state index contributed by atoms with van der Waals surface area (Å²) in [4.78, 5) is 31.0. The fourth-order valence-electron chi connectivity index (χ4n) is 3.07. The van der Waals surface area contributed by atoms with E-state index in [1.54, 1.807) is 18.2 Å². The van der Waals surface area contributed by atoms with E-state index in [9.17, 15) is 20.2 Å². The molecule has 0 radical (unpaired) electrons. The molecule has 0 unspecified atom stereocenters. The van der Waals surface area contributed by atoms with E-state index in [0.29, 0.717) is 25.8 Å². The van der Waals surface area contributed by atoms with Gasteiger partial charge in [-0.2, -0.15) is 5.10 Å². The summed E-state index contributed by atoms with van der Waals surface area (Å²) in [5.74, 6) is 0. The normalized spacial score (nSPS) is 11.4. The number of para-hydroxylation sites is 1. The zero-order valence-electron chi connectivity index (χ0n) is 16.9. The molecule has 2 heterocycles. The van der Waals surface area contributed by atoms with E-state index in [4.69, 9.17) is 0 Å². The number of benzene rings is 3. The monoisotopic (exact) mass is 508 g/mol. The van der Waals surface area contributed by atoms with Crippen molar-refractivity contribution in [1.29, 1.82) is 0 Å². The Morgan fingerprint density at radius 2 is 1.74 bits per heavy atom. The Labute approximate surface area is 203 Å². The smallest absolute Gasteiger partial charge is 0.258 e. The molecular weight excluding hydrogens is 496 g/mol. The SMILES string of the molecule is O=[N+]([O-])c1ccc2nc(N/N=C/c3ccc(Sc4nc5ccccc5s4)c([N+](=O)[O-])c3)sc2c1. The molecule has 10 nitrogen and oxygen atoms in total. The number of aromatic nitrogens is 2. The Balaban J connectivity index is 1.33. The summed E-state index contributed by atoms with van der Waals surface area (Å²) in [6, 6.07) is 17.0. The van der Waals surface area contributed by atoms with Crippen LogP contribution in [0.2, 0.25) is 0 Å². The van der Waals surface area contributed by atoms with Crippen LogP contribution in [0.4, 0.5) is 16.5 Å². The van der Waals surface area contributed by atoms with E-state index >= 15 is 0 Å². The van der Waals surface area contributed by atoms with Crippen LogP contribution in [-0.4, -0.2) is 26.0 Å². The molecule has 1 N–H and O–H groups in total. The third kappa shape index (κ3) is 4.57. The largest absolute Gasteiger partial charge is 0.283 e. The lowest BCUT2D eigenvalue weighted by atomic mass is 10.2. The average molecular weight is 509 g/mol. The summed E-state index contributed by atoms with van der Waals surface area (Å²) in [5, 5.41) is 27.1. The molecule has 0 atom stereocenters. The molecule has 0 aliphatic rings. The number of hydrogen-bond donors (Lipinski definition) is 1. The molecule has 13 heteroatoms. The van der Waals surface area contributed by atoms with E-state index in [1.165, 1.54) is 58.8 Å². The van der Waals surface area contributed by atoms with Gasteiger partial charge in [-0.15, -0.1) is 11.3 Å². The third-order valence-electron chi connectivity index (χ3n) is 4.61. The summed E-state index contributed by atoms with van der Waals surface area (Å²) in [6.07, 6.45) is 1.45. The Kier molecular flexibility index (Phi) is 5.88. The van der Waals surface area contributed by atoms with Crippen LogP contribution in [0.1, 0.15) is 5.56 Å². The number of non-ortho nitro benzene ring substituents is 1. The lowest BCUT2D eigenvalue weighted by molar-refractivity contribution is -0.387. The standard InChI is InChI=1S/C21H12N6O4S3/c28-26(29)13-6-7-15-19(10-13)32-20(23-15)25-22-11-12-5-8-18(16(9-12)27(30)31)34-21-24-14-3-1-2-4-17(14)33-21/h1-11H,(H,23,25)/b22-11+. The van der Waals surface area contributed by atoms with E-state index in [0.717, 1.165) is 14.6 Å². The number of thiazole rings is 2. The molecule has 0 saturated carbocycles. The first-order valence-corrected chi connectivity index (χ1v) is 12.1. The first-order chi connectivity index (χ1) is 16.5. The van der Waals surface area contributed by atoms with Crippen molar-refractivity contribution in [2.75, 3.05) is 5.43 Å². The highest BCUT2D eigenvalue weighted by atomic mass is 32.2. The first-order valence-electron chi connectivity index (χ1n) is 9.62. The Hall–Kier alpha value is -3.94. The van der Waals surface area contributed by atoms with Gasteiger partial charge in [-0.05, 0) is 24.3 Å². The molecule has 0 aliphatic carbocycles. The molecular formula is C21H12N6O4S3. The van der Waals surface area contributed by atoms with Crippen LogP contribution in [0, 0.1) is 20.2 Å². The van der Waals surface area contributed by atoms with Crippen LogP contribution in [-0.2, 0) is 0 Å². The first kappa shape index (κ1) is 21.9. The lowest BCUT2D eigenvalue weighted by Gasteiger charge is -2.02. The van der Waals surface area contributed by atoms with Gasteiger partial charge in [0.1, 0.15) is 0 Å². The van der Waals surface area contributed by atoms with Crippen LogP contribution in [0.15, 0.2) is 75.0 Å². The number of nitrogens with one attached hydrogen (secondary N) is 1. The second-order valence-electron chi connectivity index (χ2n) is 6.83. The van der Waals surface area contributed by atoms with Crippen molar-refractivity contribution >= 4 is 77.6 Å². The van der Waals surface area contributed by atoms with Crippen molar-refractivity contribution in [2.45, 2.75) is 9.24 Å². The van der Waals surface area contributed by atoms with Gasteiger partial charge >= 0.3 is 0 Å².